The minimum atomic E-state index is -1.19. The molecule has 5 unspecified atom stereocenters. The summed E-state index contributed by atoms with van der Waals surface area (Å²) < 4.78 is 0. The molecule has 10 nitrogen and oxygen atoms in total. The second-order valence-electron chi connectivity index (χ2n) is 8.09. The Kier molecular flexibility index (Phi) is 13.2. The molecule has 3 amide bonds. The lowest BCUT2D eigenvalue weighted by Gasteiger charge is -2.27. The number of aliphatic hydroxyl groups is 1. The second-order valence-corrected chi connectivity index (χ2v) is 9.08. The van der Waals surface area contributed by atoms with Gasteiger partial charge < -0.3 is 31.9 Å². The molecule has 1 aromatic carbocycles. The number of amides is 3. The monoisotopic (exact) mass is 496 g/mol. The van der Waals surface area contributed by atoms with Crippen molar-refractivity contribution in [3.8, 4) is 0 Å². The van der Waals surface area contributed by atoms with Gasteiger partial charge in [-0.25, -0.2) is 4.79 Å². The van der Waals surface area contributed by atoms with Crippen molar-refractivity contribution in [1.82, 2.24) is 16.0 Å². The number of thioether (sulfide) groups is 1. The fourth-order valence-corrected chi connectivity index (χ4v) is 3.60. The van der Waals surface area contributed by atoms with E-state index < -0.39 is 54.5 Å². The topological polar surface area (TPSA) is 171 Å². The molecule has 190 valence electrons. The number of aliphatic carboxylic acids is 1. The van der Waals surface area contributed by atoms with E-state index in [1.165, 1.54) is 11.8 Å². The van der Waals surface area contributed by atoms with Crippen molar-refractivity contribution in [2.45, 2.75) is 57.3 Å². The van der Waals surface area contributed by atoms with Crippen LogP contribution < -0.4 is 21.7 Å². The maximum absolute atomic E-state index is 13.0. The van der Waals surface area contributed by atoms with E-state index in [0.717, 1.165) is 5.56 Å². The zero-order valence-corrected chi connectivity index (χ0v) is 20.6. The Labute approximate surface area is 204 Å². The molecule has 0 saturated heterocycles. The molecular weight excluding hydrogens is 460 g/mol. The number of hydrogen-bond acceptors (Lipinski definition) is 7. The molecule has 7 N–H and O–H groups in total. The average Bonchev–Trinajstić information content (AvgIpc) is 2.83. The van der Waals surface area contributed by atoms with Crippen LogP contribution >= 0.6 is 11.8 Å². The molecule has 0 aliphatic carbocycles. The van der Waals surface area contributed by atoms with Crippen molar-refractivity contribution in [3.63, 3.8) is 0 Å². The van der Waals surface area contributed by atoms with Gasteiger partial charge in [-0.05, 0) is 29.9 Å². The van der Waals surface area contributed by atoms with Gasteiger partial charge in [-0.1, -0.05) is 50.6 Å². The highest BCUT2D eigenvalue weighted by atomic mass is 32.2. The smallest absolute Gasteiger partial charge is 0.326 e. The molecule has 1 aromatic rings. The van der Waals surface area contributed by atoms with Crippen LogP contribution in [0.3, 0.4) is 0 Å². The largest absolute Gasteiger partial charge is 0.480 e. The summed E-state index contributed by atoms with van der Waals surface area (Å²) in [5.74, 6) is -2.79. The standard InChI is InChI=1S/C23H36N4O6S/c1-4-14(2)19(27-20(29)16(24)13-28)22(31)25-17(10-11-34-3)21(30)26-18(23(32)33)12-15-8-6-5-7-9-15/h5-9,14,16-19,28H,4,10-13,24H2,1-3H3,(H,25,31)(H,26,30)(H,27,29)(H,32,33). The van der Waals surface area contributed by atoms with Crippen LogP contribution in [0.25, 0.3) is 0 Å². The Balaban J connectivity index is 2.99. The van der Waals surface area contributed by atoms with E-state index in [2.05, 4.69) is 16.0 Å². The van der Waals surface area contributed by atoms with Crippen LogP contribution in [0.1, 0.15) is 32.3 Å². The number of carboxylic acid groups (broad SMARTS) is 1. The first-order valence-electron chi connectivity index (χ1n) is 11.2. The van der Waals surface area contributed by atoms with Gasteiger partial charge in [-0.15, -0.1) is 0 Å². The summed E-state index contributed by atoms with van der Waals surface area (Å²) in [6.07, 6.45) is 2.78. The van der Waals surface area contributed by atoms with E-state index in [0.29, 0.717) is 12.2 Å². The van der Waals surface area contributed by atoms with Crippen molar-refractivity contribution >= 4 is 35.5 Å². The summed E-state index contributed by atoms with van der Waals surface area (Å²) in [4.78, 5) is 50.0. The fraction of sp³-hybridized carbons (Fsp3) is 0.565. The van der Waals surface area contributed by atoms with Crippen molar-refractivity contribution in [3.05, 3.63) is 35.9 Å². The average molecular weight is 497 g/mol. The van der Waals surface area contributed by atoms with E-state index in [4.69, 9.17) is 10.8 Å². The summed E-state index contributed by atoms with van der Waals surface area (Å²) in [7, 11) is 0. The molecule has 0 aromatic heterocycles. The normalized spacial score (nSPS) is 15.3. The maximum Gasteiger partial charge on any atom is 0.326 e. The van der Waals surface area contributed by atoms with E-state index >= 15 is 0 Å². The molecule has 11 heteroatoms. The van der Waals surface area contributed by atoms with Gasteiger partial charge in [0.05, 0.1) is 6.61 Å². The Bertz CT molecular complexity index is 810. The Hall–Kier alpha value is -2.63. The molecule has 0 bridgehead atoms. The SMILES string of the molecule is CCC(C)C(NC(=O)C(N)CO)C(=O)NC(CCSC)C(=O)NC(Cc1ccccc1)C(=O)O. The first-order valence-corrected chi connectivity index (χ1v) is 12.6. The molecule has 0 radical (unpaired) electrons. The third-order valence-corrected chi connectivity index (χ3v) is 6.11. The first kappa shape index (κ1) is 29.4. The molecule has 5 atom stereocenters. The minimum Gasteiger partial charge on any atom is -0.480 e. The van der Waals surface area contributed by atoms with Crippen LogP contribution in [0.15, 0.2) is 30.3 Å². The number of rotatable bonds is 15. The highest BCUT2D eigenvalue weighted by Crippen LogP contribution is 2.11. The number of carbonyl (C=O) groups excluding carboxylic acids is 3. The first-order chi connectivity index (χ1) is 16.1. The van der Waals surface area contributed by atoms with E-state index in [1.54, 1.807) is 31.2 Å². The molecule has 0 heterocycles. The van der Waals surface area contributed by atoms with Crippen molar-refractivity contribution in [2.75, 3.05) is 18.6 Å². The third-order valence-electron chi connectivity index (χ3n) is 5.47. The Morgan fingerprint density at radius 3 is 2.15 bits per heavy atom. The lowest BCUT2D eigenvalue weighted by molar-refractivity contribution is -0.142. The van der Waals surface area contributed by atoms with Gasteiger partial charge in [0, 0.05) is 6.42 Å². The third kappa shape index (κ3) is 9.70. The second kappa shape index (κ2) is 15.3. The van der Waals surface area contributed by atoms with Gasteiger partial charge in [0.1, 0.15) is 24.2 Å². The molecule has 34 heavy (non-hydrogen) atoms. The predicted octanol–water partition coefficient (Wildman–Crippen LogP) is -0.113. The molecule has 0 aliphatic rings. The fourth-order valence-electron chi connectivity index (χ4n) is 3.13. The van der Waals surface area contributed by atoms with E-state index in [-0.39, 0.29) is 18.8 Å². The number of carboxylic acids is 1. The quantitative estimate of drug-likeness (QED) is 0.195. The number of carbonyl (C=O) groups is 4. The maximum atomic E-state index is 13.0. The zero-order valence-electron chi connectivity index (χ0n) is 19.8. The van der Waals surface area contributed by atoms with Gasteiger partial charge in [-0.2, -0.15) is 11.8 Å². The molecule has 0 spiro atoms. The van der Waals surface area contributed by atoms with Crippen molar-refractivity contribution in [2.24, 2.45) is 11.7 Å². The minimum absolute atomic E-state index is 0.0930. The summed E-state index contributed by atoms with van der Waals surface area (Å²) >= 11 is 1.48. The molecular formula is C23H36N4O6S. The van der Waals surface area contributed by atoms with Crippen LogP contribution in [0.2, 0.25) is 0 Å². The highest BCUT2D eigenvalue weighted by Gasteiger charge is 2.32. The number of nitrogens with one attached hydrogen (secondary N) is 3. The number of aliphatic hydroxyl groups excluding tert-OH is 1. The van der Waals surface area contributed by atoms with E-state index in [1.807, 2.05) is 19.2 Å². The Morgan fingerprint density at radius 2 is 1.62 bits per heavy atom. The van der Waals surface area contributed by atoms with Crippen LogP contribution in [-0.4, -0.2) is 76.7 Å². The zero-order chi connectivity index (χ0) is 25.7. The summed E-state index contributed by atoms with van der Waals surface area (Å²) in [6, 6.07) is 4.60. The number of nitrogens with two attached hydrogens (primary N) is 1. The molecule has 0 saturated carbocycles. The van der Waals surface area contributed by atoms with Crippen LogP contribution in [0, 0.1) is 5.92 Å². The van der Waals surface area contributed by atoms with Crippen molar-refractivity contribution < 1.29 is 29.4 Å². The van der Waals surface area contributed by atoms with Crippen LogP contribution in [0.5, 0.6) is 0 Å². The lowest BCUT2D eigenvalue weighted by atomic mass is 9.97. The van der Waals surface area contributed by atoms with Gasteiger partial charge in [-0.3, -0.25) is 14.4 Å². The Morgan fingerprint density at radius 1 is 1.00 bits per heavy atom. The number of hydrogen-bond donors (Lipinski definition) is 6. The molecule has 1 rings (SSSR count). The predicted molar refractivity (Wildman–Crippen MR) is 131 cm³/mol. The van der Waals surface area contributed by atoms with Gasteiger partial charge in [0.2, 0.25) is 17.7 Å². The van der Waals surface area contributed by atoms with Crippen LogP contribution in [0.4, 0.5) is 0 Å². The van der Waals surface area contributed by atoms with Gasteiger partial charge >= 0.3 is 5.97 Å². The van der Waals surface area contributed by atoms with Gasteiger partial charge in [0.25, 0.3) is 0 Å². The summed E-state index contributed by atoms with van der Waals surface area (Å²) in [5, 5.41) is 26.4. The number of benzene rings is 1. The lowest BCUT2D eigenvalue weighted by Crippen LogP contribution is -2.59. The summed E-state index contributed by atoms with van der Waals surface area (Å²) in [6.45, 7) is 3.05. The summed E-state index contributed by atoms with van der Waals surface area (Å²) in [5.41, 5.74) is 6.30. The van der Waals surface area contributed by atoms with Crippen molar-refractivity contribution in [1.29, 1.82) is 0 Å². The molecule has 0 fully saturated rings. The highest BCUT2D eigenvalue weighted by molar-refractivity contribution is 7.98. The van der Waals surface area contributed by atoms with Gasteiger partial charge in [0.15, 0.2) is 0 Å². The van der Waals surface area contributed by atoms with Crippen LogP contribution in [-0.2, 0) is 25.6 Å². The molecule has 0 aliphatic heterocycles. The van der Waals surface area contributed by atoms with E-state index in [9.17, 15) is 24.3 Å².